The van der Waals surface area contributed by atoms with Gasteiger partial charge < -0.3 is 5.32 Å². The highest BCUT2D eigenvalue weighted by Gasteiger charge is 2.09. The molecule has 0 aliphatic carbocycles. The molecule has 2 rings (SSSR count). The van der Waals surface area contributed by atoms with E-state index in [4.69, 9.17) is 0 Å². The summed E-state index contributed by atoms with van der Waals surface area (Å²) in [5.41, 5.74) is 3.18. The van der Waals surface area contributed by atoms with Crippen LogP contribution < -0.4 is 5.32 Å². The van der Waals surface area contributed by atoms with Crippen molar-refractivity contribution in [2.75, 3.05) is 5.32 Å². The molecule has 2 aromatic heterocycles. The lowest BCUT2D eigenvalue weighted by Crippen LogP contribution is -2.05. The number of hydrogen-bond donors (Lipinski definition) is 1. The van der Waals surface area contributed by atoms with Gasteiger partial charge in [0.05, 0.1) is 18.1 Å². The molecule has 1 N–H and O–H groups in total. The summed E-state index contributed by atoms with van der Waals surface area (Å²) in [7, 11) is 1.90. The Kier molecular flexibility index (Phi) is 3.03. The molecule has 0 saturated heterocycles. The zero-order valence-corrected chi connectivity index (χ0v) is 10.0. The Morgan fingerprint density at radius 2 is 1.94 bits per heavy atom. The third-order valence-corrected chi connectivity index (χ3v) is 2.70. The van der Waals surface area contributed by atoms with Crippen LogP contribution in [0.1, 0.15) is 17.0 Å². The van der Waals surface area contributed by atoms with E-state index >= 15 is 0 Å². The van der Waals surface area contributed by atoms with Crippen molar-refractivity contribution in [1.82, 2.24) is 19.7 Å². The summed E-state index contributed by atoms with van der Waals surface area (Å²) in [6.45, 7) is 4.54. The SMILES string of the molecule is Cc1nn(C)c(C)c1CNc1ncc(F)cn1. The van der Waals surface area contributed by atoms with Crippen molar-refractivity contribution < 1.29 is 4.39 Å². The van der Waals surface area contributed by atoms with Crippen LogP contribution in [0.3, 0.4) is 0 Å². The molecule has 0 unspecified atom stereocenters. The van der Waals surface area contributed by atoms with Crippen LogP contribution in [-0.4, -0.2) is 19.7 Å². The minimum absolute atomic E-state index is 0.411. The number of aromatic nitrogens is 4. The molecule has 0 bridgehead atoms. The highest BCUT2D eigenvalue weighted by molar-refractivity contribution is 5.31. The van der Waals surface area contributed by atoms with Gasteiger partial charge in [-0.3, -0.25) is 4.68 Å². The number of aryl methyl sites for hydroxylation is 2. The van der Waals surface area contributed by atoms with E-state index in [-0.39, 0.29) is 0 Å². The van der Waals surface area contributed by atoms with Gasteiger partial charge in [-0.15, -0.1) is 0 Å². The molecular weight excluding hydrogens is 221 g/mol. The molecule has 0 aliphatic heterocycles. The standard InChI is InChI=1S/C11H14FN5/c1-7-10(8(2)17(3)16-7)6-15-11-13-4-9(12)5-14-11/h4-5H,6H2,1-3H3,(H,13,14,15). The average Bonchev–Trinajstić information content (AvgIpc) is 2.54. The maximum Gasteiger partial charge on any atom is 0.223 e. The van der Waals surface area contributed by atoms with Crippen LogP contribution in [0.25, 0.3) is 0 Å². The lowest BCUT2D eigenvalue weighted by atomic mass is 10.2. The summed E-state index contributed by atoms with van der Waals surface area (Å²) in [4.78, 5) is 7.67. The second-order valence-corrected chi connectivity index (χ2v) is 3.85. The molecule has 0 amide bonds. The number of rotatable bonds is 3. The van der Waals surface area contributed by atoms with Crippen LogP contribution in [0.4, 0.5) is 10.3 Å². The van der Waals surface area contributed by atoms with Crippen molar-refractivity contribution in [1.29, 1.82) is 0 Å². The van der Waals surface area contributed by atoms with Crippen LogP contribution in [0, 0.1) is 19.7 Å². The van der Waals surface area contributed by atoms with Crippen LogP contribution in [0.15, 0.2) is 12.4 Å². The second kappa shape index (κ2) is 4.48. The number of nitrogens with one attached hydrogen (secondary N) is 1. The fourth-order valence-corrected chi connectivity index (χ4v) is 1.64. The zero-order valence-electron chi connectivity index (χ0n) is 10.0. The van der Waals surface area contributed by atoms with Crippen LogP contribution in [0.2, 0.25) is 0 Å². The fraction of sp³-hybridized carbons (Fsp3) is 0.364. The van der Waals surface area contributed by atoms with Gasteiger partial charge in [-0.05, 0) is 13.8 Å². The van der Waals surface area contributed by atoms with Crippen molar-refractivity contribution >= 4 is 5.95 Å². The number of nitrogens with zero attached hydrogens (tertiary/aromatic N) is 4. The van der Waals surface area contributed by atoms with Gasteiger partial charge in [-0.1, -0.05) is 0 Å². The predicted octanol–water partition coefficient (Wildman–Crippen LogP) is 1.58. The number of halogens is 1. The Hall–Kier alpha value is -1.98. The summed E-state index contributed by atoms with van der Waals surface area (Å²) in [5.74, 6) is -0.0293. The largest absolute Gasteiger partial charge is 0.350 e. The van der Waals surface area contributed by atoms with E-state index in [1.54, 1.807) is 0 Å². The van der Waals surface area contributed by atoms with Gasteiger partial charge in [-0.25, -0.2) is 14.4 Å². The van der Waals surface area contributed by atoms with Crippen LogP contribution in [-0.2, 0) is 13.6 Å². The van der Waals surface area contributed by atoms with Gasteiger partial charge >= 0.3 is 0 Å². The summed E-state index contributed by atoms with van der Waals surface area (Å²) in [6, 6.07) is 0. The minimum atomic E-state index is -0.440. The molecule has 2 heterocycles. The van der Waals surface area contributed by atoms with Gasteiger partial charge in [0, 0.05) is 24.8 Å². The summed E-state index contributed by atoms with van der Waals surface area (Å²) >= 11 is 0. The Bertz CT molecular complexity index is 517. The summed E-state index contributed by atoms with van der Waals surface area (Å²) in [5, 5.41) is 7.35. The normalized spacial score (nSPS) is 10.6. The molecule has 6 heteroatoms. The smallest absolute Gasteiger partial charge is 0.223 e. The van der Waals surface area contributed by atoms with Crippen molar-refractivity contribution in [3.05, 3.63) is 35.2 Å². The van der Waals surface area contributed by atoms with E-state index in [1.807, 2.05) is 25.6 Å². The topological polar surface area (TPSA) is 55.6 Å². The van der Waals surface area contributed by atoms with E-state index < -0.39 is 5.82 Å². The van der Waals surface area contributed by atoms with E-state index in [2.05, 4.69) is 20.4 Å². The Labute approximate surface area is 98.7 Å². The predicted molar refractivity (Wildman–Crippen MR) is 62.0 cm³/mol. The number of hydrogen-bond acceptors (Lipinski definition) is 4. The monoisotopic (exact) mass is 235 g/mol. The molecule has 0 aromatic carbocycles. The lowest BCUT2D eigenvalue weighted by molar-refractivity contribution is 0.614. The second-order valence-electron chi connectivity index (χ2n) is 3.85. The van der Waals surface area contributed by atoms with Crippen molar-refractivity contribution in [3.8, 4) is 0 Å². The van der Waals surface area contributed by atoms with Gasteiger partial charge in [0.2, 0.25) is 5.95 Å². The molecule has 0 atom stereocenters. The molecular formula is C11H14FN5. The van der Waals surface area contributed by atoms with Crippen molar-refractivity contribution in [2.45, 2.75) is 20.4 Å². The van der Waals surface area contributed by atoms with Gasteiger partial charge in [0.15, 0.2) is 5.82 Å². The Morgan fingerprint density at radius 3 is 2.47 bits per heavy atom. The maximum absolute atomic E-state index is 12.6. The van der Waals surface area contributed by atoms with Gasteiger partial charge in [0.25, 0.3) is 0 Å². The molecule has 5 nitrogen and oxygen atoms in total. The Morgan fingerprint density at radius 1 is 1.29 bits per heavy atom. The highest BCUT2D eigenvalue weighted by atomic mass is 19.1. The van der Waals surface area contributed by atoms with Crippen molar-refractivity contribution in [2.24, 2.45) is 7.05 Å². The van der Waals surface area contributed by atoms with Gasteiger partial charge in [-0.2, -0.15) is 5.10 Å². The van der Waals surface area contributed by atoms with E-state index in [0.717, 1.165) is 29.3 Å². The molecule has 0 spiro atoms. The maximum atomic E-state index is 12.6. The van der Waals surface area contributed by atoms with Crippen molar-refractivity contribution in [3.63, 3.8) is 0 Å². The first-order chi connectivity index (χ1) is 8.08. The molecule has 0 aliphatic rings. The lowest BCUT2D eigenvalue weighted by Gasteiger charge is -2.04. The molecule has 2 aromatic rings. The first-order valence-electron chi connectivity index (χ1n) is 5.28. The molecule has 0 radical (unpaired) electrons. The first kappa shape index (κ1) is 11.5. The third kappa shape index (κ3) is 2.41. The van der Waals surface area contributed by atoms with E-state index in [1.165, 1.54) is 0 Å². The van der Waals surface area contributed by atoms with Gasteiger partial charge in [0.1, 0.15) is 0 Å². The molecule has 17 heavy (non-hydrogen) atoms. The number of anilines is 1. The zero-order chi connectivity index (χ0) is 12.4. The first-order valence-corrected chi connectivity index (χ1v) is 5.28. The average molecular weight is 235 g/mol. The quantitative estimate of drug-likeness (QED) is 0.877. The summed E-state index contributed by atoms with van der Waals surface area (Å²) in [6.07, 6.45) is 2.27. The minimum Gasteiger partial charge on any atom is -0.350 e. The van der Waals surface area contributed by atoms with E-state index in [9.17, 15) is 4.39 Å². The summed E-state index contributed by atoms with van der Waals surface area (Å²) < 4.78 is 14.4. The molecule has 0 fully saturated rings. The van der Waals surface area contributed by atoms with Crippen LogP contribution >= 0.6 is 0 Å². The highest BCUT2D eigenvalue weighted by Crippen LogP contribution is 2.13. The van der Waals surface area contributed by atoms with Crippen LogP contribution in [0.5, 0.6) is 0 Å². The third-order valence-electron chi connectivity index (χ3n) is 2.70. The fourth-order valence-electron chi connectivity index (χ4n) is 1.64. The molecule has 90 valence electrons. The molecule has 0 saturated carbocycles. The Balaban J connectivity index is 2.09. The van der Waals surface area contributed by atoms with E-state index in [0.29, 0.717) is 12.5 Å².